The van der Waals surface area contributed by atoms with E-state index in [1.165, 1.54) is 13.2 Å². The molecule has 0 bridgehead atoms. The normalized spacial score (nSPS) is 16.2. The van der Waals surface area contributed by atoms with Crippen LogP contribution in [-0.4, -0.2) is 48.9 Å². The maximum absolute atomic E-state index is 12.7. The van der Waals surface area contributed by atoms with Crippen molar-refractivity contribution in [1.29, 1.82) is 0 Å². The highest BCUT2D eigenvalue weighted by Gasteiger charge is 2.34. The summed E-state index contributed by atoms with van der Waals surface area (Å²) in [7, 11) is 1.45. The zero-order valence-electron chi connectivity index (χ0n) is 16.3. The Balaban J connectivity index is 1.39. The van der Waals surface area contributed by atoms with Crippen LogP contribution in [0.4, 0.5) is 4.79 Å². The van der Waals surface area contributed by atoms with Crippen molar-refractivity contribution in [2.45, 2.75) is 0 Å². The van der Waals surface area contributed by atoms with Crippen molar-refractivity contribution in [3.63, 3.8) is 0 Å². The van der Waals surface area contributed by atoms with Crippen LogP contribution in [0, 0.1) is 0 Å². The molecular weight excluding hydrogens is 444 g/mol. The van der Waals surface area contributed by atoms with Crippen LogP contribution < -0.4 is 19.5 Å². The highest BCUT2D eigenvalue weighted by Crippen LogP contribution is 2.36. The first kappa shape index (κ1) is 21.1. The van der Waals surface area contributed by atoms with E-state index in [9.17, 15) is 14.4 Å². The number of carbonyl (C=O) groups is 3. The second kappa shape index (κ2) is 8.91. The third kappa shape index (κ3) is 4.47. The van der Waals surface area contributed by atoms with Crippen LogP contribution in [0.2, 0.25) is 5.02 Å². The predicted molar refractivity (Wildman–Crippen MR) is 116 cm³/mol. The van der Waals surface area contributed by atoms with E-state index in [2.05, 4.69) is 5.32 Å². The number of imide groups is 1. The Kier molecular flexibility index (Phi) is 6.06. The number of carbonyl (C=O) groups excluding carboxylic acids is 3. The Bertz CT molecular complexity index is 1100. The van der Waals surface area contributed by atoms with Crippen molar-refractivity contribution in [2.24, 2.45) is 0 Å². The summed E-state index contributed by atoms with van der Waals surface area (Å²) in [6.07, 6.45) is 1.63. The van der Waals surface area contributed by atoms with Crippen molar-refractivity contribution >= 4 is 46.5 Å². The average Bonchev–Trinajstić information content (AvgIpc) is 3.33. The lowest BCUT2D eigenvalue weighted by Gasteiger charge is -2.14. The van der Waals surface area contributed by atoms with E-state index in [1.54, 1.807) is 36.4 Å². The summed E-state index contributed by atoms with van der Waals surface area (Å²) in [5.41, 5.74) is 0.989. The number of halogens is 1. The number of hydrogen-bond acceptors (Lipinski definition) is 7. The number of amides is 3. The SMILES string of the molecule is COc1ccc(Cl)cc1C(=O)NCCN1C(=O)S/C(=C\c2ccc3c(c2)OCO3)C1=O. The minimum atomic E-state index is -0.415. The highest BCUT2D eigenvalue weighted by molar-refractivity contribution is 8.18. The van der Waals surface area contributed by atoms with E-state index in [0.717, 1.165) is 22.2 Å². The highest BCUT2D eigenvalue weighted by atomic mass is 35.5. The van der Waals surface area contributed by atoms with E-state index < -0.39 is 17.1 Å². The molecule has 0 atom stereocenters. The van der Waals surface area contributed by atoms with Crippen LogP contribution in [0.5, 0.6) is 17.2 Å². The van der Waals surface area contributed by atoms with Crippen LogP contribution in [0.1, 0.15) is 15.9 Å². The van der Waals surface area contributed by atoms with E-state index >= 15 is 0 Å². The molecule has 31 heavy (non-hydrogen) atoms. The molecule has 2 aliphatic heterocycles. The van der Waals surface area contributed by atoms with Gasteiger partial charge in [0.1, 0.15) is 5.75 Å². The zero-order valence-corrected chi connectivity index (χ0v) is 17.9. The smallest absolute Gasteiger partial charge is 0.293 e. The van der Waals surface area contributed by atoms with Crippen LogP contribution in [-0.2, 0) is 4.79 Å². The molecule has 2 aliphatic rings. The van der Waals surface area contributed by atoms with Gasteiger partial charge in [-0.25, -0.2) is 0 Å². The lowest BCUT2D eigenvalue weighted by atomic mass is 10.2. The number of nitrogens with zero attached hydrogens (tertiary/aromatic N) is 1. The molecule has 1 fully saturated rings. The van der Waals surface area contributed by atoms with E-state index in [0.29, 0.717) is 27.2 Å². The molecule has 2 heterocycles. The summed E-state index contributed by atoms with van der Waals surface area (Å²) in [6.45, 7) is 0.281. The average molecular weight is 461 g/mol. The maximum atomic E-state index is 12.7. The number of fused-ring (bicyclic) bond motifs is 1. The molecule has 0 aromatic heterocycles. The van der Waals surface area contributed by atoms with Gasteiger partial charge >= 0.3 is 0 Å². The predicted octanol–water partition coefficient (Wildman–Crippen LogP) is 3.54. The third-order valence-electron chi connectivity index (χ3n) is 4.60. The summed E-state index contributed by atoms with van der Waals surface area (Å²) >= 11 is 6.80. The lowest BCUT2D eigenvalue weighted by molar-refractivity contribution is -0.122. The fourth-order valence-corrected chi connectivity index (χ4v) is 4.12. The monoisotopic (exact) mass is 460 g/mol. The molecule has 3 amide bonds. The van der Waals surface area contributed by atoms with Gasteiger partial charge in [-0.15, -0.1) is 0 Å². The molecule has 10 heteroatoms. The Morgan fingerprint density at radius 2 is 2.03 bits per heavy atom. The van der Waals surface area contributed by atoms with Gasteiger partial charge in [0.25, 0.3) is 17.1 Å². The van der Waals surface area contributed by atoms with Gasteiger partial charge in [-0.3, -0.25) is 19.3 Å². The van der Waals surface area contributed by atoms with Gasteiger partial charge < -0.3 is 19.5 Å². The van der Waals surface area contributed by atoms with Gasteiger partial charge in [0, 0.05) is 18.1 Å². The van der Waals surface area contributed by atoms with Gasteiger partial charge in [0.2, 0.25) is 6.79 Å². The van der Waals surface area contributed by atoms with E-state index in [1.807, 2.05) is 0 Å². The largest absolute Gasteiger partial charge is 0.496 e. The quantitative estimate of drug-likeness (QED) is 0.659. The lowest BCUT2D eigenvalue weighted by Crippen LogP contribution is -2.37. The molecule has 160 valence electrons. The van der Waals surface area contributed by atoms with E-state index in [-0.39, 0.29) is 25.4 Å². The Morgan fingerprint density at radius 1 is 1.23 bits per heavy atom. The molecule has 2 aromatic carbocycles. The number of ether oxygens (including phenoxy) is 3. The zero-order chi connectivity index (χ0) is 22.0. The second-order valence-corrected chi connectivity index (χ2v) is 7.98. The fourth-order valence-electron chi connectivity index (χ4n) is 3.08. The molecule has 2 aromatic rings. The molecule has 0 aliphatic carbocycles. The van der Waals surface area contributed by atoms with Gasteiger partial charge in [-0.1, -0.05) is 17.7 Å². The molecule has 0 spiro atoms. The summed E-state index contributed by atoms with van der Waals surface area (Å²) in [5.74, 6) is 0.772. The van der Waals surface area contributed by atoms with Crippen LogP contribution in [0.3, 0.4) is 0 Å². The number of benzene rings is 2. The number of methoxy groups -OCH3 is 1. The van der Waals surface area contributed by atoms with Gasteiger partial charge in [0.05, 0.1) is 17.6 Å². The molecule has 0 saturated carbocycles. The first-order chi connectivity index (χ1) is 15.0. The number of rotatable bonds is 6. The minimum Gasteiger partial charge on any atom is -0.496 e. The van der Waals surface area contributed by atoms with Crippen molar-refractivity contribution < 1.29 is 28.6 Å². The fraction of sp³-hybridized carbons (Fsp3) is 0.190. The molecule has 1 N–H and O–H groups in total. The minimum absolute atomic E-state index is 0.0395. The molecule has 4 rings (SSSR count). The first-order valence-corrected chi connectivity index (χ1v) is 10.4. The number of hydrogen-bond donors (Lipinski definition) is 1. The Labute approximate surface area is 187 Å². The van der Waals surface area contributed by atoms with Gasteiger partial charge in [0.15, 0.2) is 11.5 Å². The van der Waals surface area contributed by atoms with Gasteiger partial charge in [-0.05, 0) is 53.7 Å². The molecule has 1 saturated heterocycles. The van der Waals surface area contributed by atoms with E-state index in [4.69, 9.17) is 25.8 Å². The molecule has 0 radical (unpaired) electrons. The number of nitrogens with one attached hydrogen (secondary N) is 1. The topological polar surface area (TPSA) is 94.2 Å². The summed E-state index contributed by atoms with van der Waals surface area (Å²) in [4.78, 5) is 38.8. The molecular formula is C21H17ClN2O6S. The Hall–Kier alpha value is -3.17. The van der Waals surface area contributed by atoms with Crippen molar-refractivity contribution in [1.82, 2.24) is 10.2 Å². The van der Waals surface area contributed by atoms with Crippen LogP contribution in [0.15, 0.2) is 41.3 Å². The standard InChI is InChI=1S/C21H17ClN2O6S/c1-28-15-5-3-13(22)10-14(15)19(25)23-6-7-24-20(26)18(31-21(24)27)9-12-2-4-16-17(8-12)30-11-29-16/h2-5,8-10H,6-7,11H2,1H3,(H,23,25)/b18-9-. The summed E-state index contributed by atoms with van der Waals surface area (Å²) in [6, 6.07) is 9.97. The third-order valence-corrected chi connectivity index (χ3v) is 5.74. The molecule has 0 unspecified atom stereocenters. The first-order valence-electron chi connectivity index (χ1n) is 9.23. The van der Waals surface area contributed by atoms with Crippen LogP contribution in [0.25, 0.3) is 6.08 Å². The summed E-state index contributed by atoms with van der Waals surface area (Å²) in [5, 5.41) is 2.68. The molecule has 8 nitrogen and oxygen atoms in total. The van der Waals surface area contributed by atoms with Crippen molar-refractivity contribution in [3.8, 4) is 17.2 Å². The summed E-state index contributed by atoms with van der Waals surface area (Å²) < 4.78 is 15.8. The van der Waals surface area contributed by atoms with Crippen molar-refractivity contribution in [2.75, 3.05) is 27.0 Å². The Morgan fingerprint density at radius 3 is 2.84 bits per heavy atom. The second-order valence-electron chi connectivity index (χ2n) is 6.55. The van der Waals surface area contributed by atoms with Crippen LogP contribution >= 0.6 is 23.4 Å². The maximum Gasteiger partial charge on any atom is 0.293 e. The van der Waals surface area contributed by atoms with Crippen molar-refractivity contribution in [3.05, 3.63) is 57.5 Å². The number of thioether (sulfide) groups is 1. The van der Waals surface area contributed by atoms with Gasteiger partial charge in [-0.2, -0.15) is 0 Å².